The number of nitrogens with one attached hydrogen (secondary N) is 1. The lowest BCUT2D eigenvalue weighted by atomic mass is 10.1. The van der Waals surface area contributed by atoms with Crippen molar-refractivity contribution in [3.05, 3.63) is 46.2 Å². The molecule has 0 unspecified atom stereocenters. The van der Waals surface area contributed by atoms with E-state index in [0.717, 1.165) is 0 Å². The van der Waals surface area contributed by atoms with Crippen LogP contribution in [-0.4, -0.2) is 27.4 Å². The van der Waals surface area contributed by atoms with E-state index in [0.29, 0.717) is 17.0 Å². The summed E-state index contributed by atoms with van der Waals surface area (Å²) in [5, 5.41) is 14.9. The van der Waals surface area contributed by atoms with Gasteiger partial charge in [-0.1, -0.05) is 0 Å². The molecule has 0 aliphatic heterocycles. The minimum atomic E-state index is -1.28. The third-order valence-electron chi connectivity index (χ3n) is 2.56. The second-order valence-electron chi connectivity index (χ2n) is 4.49. The number of hydrogen-bond acceptors (Lipinski definition) is 4. The Balaban J connectivity index is 2.34. The van der Waals surface area contributed by atoms with E-state index in [4.69, 9.17) is 9.84 Å². The standard InChI is InChI=1S/C14H14N2O4/c1-8(2)20-10-5-3-9(4-6-10)12-7-11(14(18)19)13(17)16-15-12/h3-8H,1-2H3,(H,16,17)(H,18,19). The van der Waals surface area contributed by atoms with Crippen LogP contribution in [0.2, 0.25) is 0 Å². The predicted molar refractivity (Wildman–Crippen MR) is 73.0 cm³/mol. The smallest absolute Gasteiger partial charge is 0.341 e. The van der Waals surface area contributed by atoms with Gasteiger partial charge in [-0.2, -0.15) is 5.10 Å². The van der Waals surface area contributed by atoms with Gasteiger partial charge >= 0.3 is 5.97 Å². The quantitative estimate of drug-likeness (QED) is 0.888. The molecule has 1 aromatic carbocycles. The summed E-state index contributed by atoms with van der Waals surface area (Å²) >= 11 is 0. The van der Waals surface area contributed by atoms with Crippen LogP contribution in [-0.2, 0) is 0 Å². The summed E-state index contributed by atoms with van der Waals surface area (Å²) in [5.41, 5.74) is 0.0245. The zero-order valence-electron chi connectivity index (χ0n) is 11.1. The molecule has 104 valence electrons. The first-order valence-electron chi connectivity index (χ1n) is 6.07. The van der Waals surface area contributed by atoms with Gasteiger partial charge in [-0.05, 0) is 44.2 Å². The number of nitrogens with zero attached hydrogens (tertiary/aromatic N) is 1. The molecule has 0 bridgehead atoms. The van der Waals surface area contributed by atoms with Gasteiger partial charge in [0.15, 0.2) is 0 Å². The fourth-order valence-corrected chi connectivity index (χ4v) is 1.69. The van der Waals surface area contributed by atoms with E-state index in [1.54, 1.807) is 24.3 Å². The Kier molecular flexibility index (Phi) is 3.84. The highest BCUT2D eigenvalue weighted by atomic mass is 16.5. The van der Waals surface area contributed by atoms with Crippen molar-refractivity contribution >= 4 is 5.97 Å². The largest absolute Gasteiger partial charge is 0.491 e. The molecule has 20 heavy (non-hydrogen) atoms. The number of hydrogen-bond donors (Lipinski definition) is 2. The van der Waals surface area contributed by atoms with Gasteiger partial charge in [-0.25, -0.2) is 9.89 Å². The van der Waals surface area contributed by atoms with E-state index in [2.05, 4.69) is 10.2 Å². The minimum Gasteiger partial charge on any atom is -0.491 e. The summed E-state index contributed by atoms with van der Waals surface area (Å²) in [6.07, 6.45) is 0.0747. The number of aromatic nitrogens is 2. The van der Waals surface area contributed by atoms with E-state index in [-0.39, 0.29) is 11.7 Å². The monoisotopic (exact) mass is 274 g/mol. The van der Waals surface area contributed by atoms with Crippen molar-refractivity contribution in [3.8, 4) is 17.0 Å². The van der Waals surface area contributed by atoms with Gasteiger partial charge in [0.25, 0.3) is 5.56 Å². The molecular formula is C14H14N2O4. The molecule has 0 saturated heterocycles. The first kappa shape index (κ1) is 13.8. The van der Waals surface area contributed by atoms with E-state index < -0.39 is 11.5 Å². The first-order valence-corrected chi connectivity index (χ1v) is 6.07. The predicted octanol–water partition coefficient (Wildman–Crippen LogP) is 1.92. The number of ether oxygens (including phenoxy) is 1. The summed E-state index contributed by atoms with van der Waals surface area (Å²) in [6, 6.07) is 8.29. The molecule has 1 heterocycles. The van der Waals surface area contributed by atoms with Crippen molar-refractivity contribution in [2.45, 2.75) is 20.0 Å². The highest BCUT2D eigenvalue weighted by molar-refractivity contribution is 5.88. The number of aromatic carboxylic acids is 1. The molecule has 0 aliphatic carbocycles. The molecule has 0 saturated carbocycles. The number of H-pyrrole nitrogens is 1. The van der Waals surface area contributed by atoms with Crippen molar-refractivity contribution in [2.75, 3.05) is 0 Å². The maximum Gasteiger partial charge on any atom is 0.341 e. The average molecular weight is 274 g/mol. The third-order valence-corrected chi connectivity index (χ3v) is 2.56. The van der Waals surface area contributed by atoms with Gasteiger partial charge in [0.2, 0.25) is 0 Å². The Morgan fingerprint density at radius 2 is 1.95 bits per heavy atom. The number of rotatable bonds is 4. The summed E-state index contributed by atoms with van der Waals surface area (Å²) in [6.45, 7) is 3.85. The van der Waals surface area contributed by atoms with E-state index in [1.807, 2.05) is 13.8 Å². The first-order chi connectivity index (χ1) is 9.47. The van der Waals surface area contributed by atoms with Gasteiger partial charge in [-0.15, -0.1) is 0 Å². The van der Waals surface area contributed by atoms with Crippen LogP contribution in [0.1, 0.15) is 24.2 Å². The van der Waals surface area contributed by atoms with Gasteiger partial charge in [0.1, 0.15) is 11.3 Å². The zero-order valence-corrected chi connectivity index (χ0v) is 11.1. The molecule has 2 aromatic rings. The molecule has 6 nitrogen and oxygen atoms in total. The molecular weight excluding hydrogens is 260 g/mol. The van der Waals surface area contributed by atoms with E-state index >= 15 is 0 Å². The van der Waals surface area contributed by atoms with Crippen LogP contribution in [0.3, 0.4) is 0 Å². The van der Waals surface area contributed by atoms with Crippen LogP contribution >= 0.6 is 0 Å². The molecule has 2 N–H and O–H groups in total. The Bertz CT molecular complexity index is 674. The lowest BCUT2D eigenvalue weighted by molar-refractivity contribution is 0.0694. The maximum atomic E-state index is 11.3. The fourth-order valence-electron chi connectivity index (χ4n) is 1.69. The van der Waals surface area contributed by atoms with Crippen molar-refractivity contribution in [2.24, 2.45) is 0 Å². The van der Waals surface area contributed by atoms with Crippen LogP contribution in [0.15, 0.2) is 35.1 Å². The zero-order chi connectivity index (χ0) is 14.7. The number of carboxylic acid groups (broad SMARTS) is 1. The topological polar surface area (TPSA) is 92.3 Å². The van der Waals surface area contributed by atoms with Crippen LogP contribution in [0.5, 0.6) is 5.75 Å². The molecule has 2 rings (SSSR count). The van der Waals surface area contributed by atoms with Gasteiger partial charge < -0.3 is 9.84 Å². The van der Waals surface area contributed by atoms with Crippen LogP contribution in [0.4, 0.5) is 0 Å². The summed E-state index contributed by atoms with van der Waals surface area (Å²) in [5.74, 6) is -0.568. The Labute approximate surface area is 115 Å². The van der Waals surface area contributed by atoms with Crippen LogP contribution < -0.4 is 10.3 Å². The lowest BCUT2D eigenvalue weighted by Gasteiger charge is -2.09. The maximum absolute atomic E-state index is 11.3. The van der Waals surface area contributed by atoms with Crippen molar-refractivity contribution in [1.29, 1.82) is 0 Å². The molecule has 0 aliphatic rings. The number of benzene rings is 1. The third kappa shape index (κ3) is 3.03. The van der Waals surface area contributed by atoms with Crippen molar-refractivity contribution in [3.63, 3.8) is 0 Å². The van der Waals surface area contributed by atoms with E-state index in [9.17, 15) is 9.59 Å². The lowest BCUT2D eigenvalue weighted by Crippen LogP contribution is -2.18. The highest BCUT2D eigenvalue weighted by Crippen LogP contribution is 2.21. The number of carbonyl (C=O) groups is 1. The molecule has 6 heteroatoms. The Morgan fingerprint density at radius 1 is 1.30 bits per heavy atom. The fraction of sp³-hybridized carbons (Fsp3) is 0.214. The number of carboxylic acids is 1. The van der Waals surface area contributed by atoms with E-state index in [1.165, 1.54) is 6.07 Å². The van der Waals surface area contributed by atoms with Gasteiger partial charge in [0.05, 0.1) is 11.8 Å². The SMILES string of the molecule is CC(C)Oc1ccc(-c2cc(C(=O)O)c(=O)[nH]n2)cc1. The molecule has 0 radical (unpaired) electrons. The van der Waals surface area contributed by atoms with Crippen LogP contribution in [0, 0.1) is 0 Å². The molecule has 0 fully saturated rings. The summed E-state index contributed by atoms with van der Waals surface area (Å²) in [4.78, 5) is 22.2. The second kappa shape index (κ2) is 5.56. The average Bonchev–Trinajstić information content (AvgIpc) is 2.39. The molecule has 0 amide bonds. The summed E-state index contributed by atoms with van der Waals surface area (Å²) < 4.78 is 5.51. The normalized spacial score (nSPS) is 10.6. The Hall–Kier alpha value is -2.63. The molecule has 0 spiro atoms. The number of aromatic amines is 1. The van der Waals surface area contributed by atoms with Crippen LogP contribution in [0.25, 0.3) is 11.3 Å². The summed E-state index contributed by atoms with van der Waals surface area (Å²) in [7, 11) is 0. The van der Waals surface area contributed by atoms with Gasteiger partial charge in [-0.3, -0.25) is 4.79 Å². The Morgan fingerprint density at radius 3 is 2.50 bits per heavy atom. The van der Waals surface area contributed by atoms with Crippen molar-refractivity contribution < 1.29 is 14.6 Å². The van der Waals surface area contributed by atoms with Crippen molar-refractivity contribution in [1.82, 2.24) is 10.2 Å². The minimum absolute atomic E-state index is 0.0747. The molecule has 0 atom stereocenters. The molecule has 1 aromatic heterocycles. The second-order valence-corrected chi connectivity index (χ2v) is 4.49. The highest BCUT2D eigenvalue weighted by Gasteiger charge is 2.11. The van der Waals surface area contributed by atoms with Gasteiger partial charge in [0, 0.05) is 5.56 Å².